The van der Waals surface area contributed by atoms with Crippen LogP contribution in [0.4, 0.5) is 0 Å². The van der Waals surface area contributed by atoms with E-state index in [2.05, 4.69) is 33.4 Å². The molecule has 0 aliphatic heterocycles. The number of nitrogens with zero attached hydrogens (tertiary/aromatic N) is 4. The molecule has 3 aromatic heterocycles. The lowest BCUT2D eigenvalue weighted by atomic mass is 10.2. The number of pyridine rings is 2. The number of hydrogen-bond acceptors (Lipinski definition) is 4. The first kappa shape index (κ1) is 12.7. The van der Waals surface area contributed by atoms with E-state index < -0.39 is 0 Å². The maximum absolute atomic E-state index is 4.54. The molecule has 0 fully saturated rings. The van der Waals surface area contributed by atoms with Gasteiger partial charge in [-0.1, -0.05) is 6.92 Å². The number of hydrogen-bond donors (Lipinski definition) is 1. The molecular formula is C15H17N5. The smallest absolute Gasteiger partial charge is 0.158 e. The minimum absolute atomic E-state index is 0.714. The van der Waals surface area contributed by atoms with Crippen LogP contribution in [0, 0.1) is 0 Å². The van der Waals surface area contributed by atoms with Crippen molar-refractivity contribution in [2.24, 2.45) is 0 Å². The lowest BCUT2D eigenvalue weighted by Crippen LogP contribution is -2.11. The minimum atomic E-state index is 0.714. The van der Waals surface area contributed by atoms with Crippen LogP contribution in [0.15, 0.2) is 43.0 Å². The molecule has 3 heterocycles. The second kappa shape index (κ2) is 5.79. The summed E-state index contributed by atoms with van der Waals surface area (Å²) in [4.78, 5) is 8.56. The van der Waals surface area contributed by atoms with E-state index in [-0.39, 0.29) is 0 Å². The molecule has 0 aliphatic carbocycles. The molecule has 5 heteroatoms. The van der Waals surface area contributed by atoms with Crippen LogP contribution in [0.5, 0.6) is 0 Å². The van der Waals surface area contributed by atoms with Gasteiger partial charge in [0.25, 0.3) is 0 Å². The van der Waals surface area contributed by atoms with Gasteiger partial charge in [-0.3, -0.25) is 4.98 Å². The third kappa shape index (κ3) is 2.67. The van der Waals surface area contributed by atoms with Gasteiger partial charge in [0.1, 0.15) is 0 Å². The van der Waals surface area contributed by atoms with Gasteiger partial charge in [0.2, 0.25) is 0 Å². The SMILES string of the molecule is CCNCc1cnc2c(cnn2Cc2ccncc2)c1. The molecule has 0 amide bonds. The molecule has 0 spiro atoms. The van der Waals surface area contributed by atoms with Crippen LogP contribution in [-0.4, -0.2) is 26.3 Å². The Hall–Kier alpha value is -2.27. The van der Waals surface area contributed by atoms with Crippen molar-refractivity contribution in [1.29, 1.82) is 0 Å². The summed E-state index contributed by atoms with van der Waals surface area (Å²) in [7, 11) is 0. The molecule has 0 saturated carbocycles. The maximum atomic E-state index is 4.54. The molecular weight excluding hydrogens is 250 g/mol. The summed E-state index contributed by atoms with van der Waals surface area (Å²) < 4.78 is 1.92. The highest BCUT2D eigenvalue weighted by atomic mass is 15.3. The highest BCUT2D eigenvalue weighted by Gasteiger charge is 2.05. The first-order chi connectivity index (χ1) is 9.86. The average molecular weight is 267 g/mol. The molecule has 5 nitrogen and oxygen atoms in total. The van der Waals surface area contributed by atoms with E-state index in [1.165, 1.54) is 11.1 Å². The molecule has 3 rings (SSSR count). The van der Waals surface area contributed by atoms with Crippen LogP contribution in [0.1, 0.15) is 18.1 Å². The number of fused-ring (bicyclic) bond motifs is 1. The number of nitrogens with one attached hydrogen (secondary N) is 1. The van der Waals surface area contributed by atoms with E-state index in [1.807, 2.05) is 29.2 Å². The van der Waals surface area contributed by atoms with Crippen LogP contribution in [0.3, 0.4) is 0 Å². The predicted molar refractivity (Wildman–Crippen MR) is 78.2 cm³/mol. The van der Waals surface area contributed by atoms with Crippen LogP contribution < -0.4 is 5.32 Å². The molecule has 0 aliphatic rings. The Morgan fingerprint density at radius 1 is 1.15 bits per heavy atom. The second-order valence-corrected chi connectivity index (χ2v) is 4.69. The van der Waals surface area contributed by atoms with Gasteiger partial charge in [0, 0.05) is 30.5 Å². The molecule has 0 unspecified atom stereocenters. The first-order valence-corrected chi connectivity index (χ1v) is 6.77. The minimum Gasteiger partial charge on any atom is -0.313 e. The van der Waals surface area contributed by atoms with Crippen LogP contribution in [0.2, 0.25) is 0 Å². The van der Waals surface area contributed by atoms with Gasteiger partial charge >= 0.3 is 0 Å². The largest absolute Gasteiger partial charge is 0.313 e. The summed E-state index contributed by atoms with van der Waals surface area (Å²) >= 11 is 0. The van der Waals surface area contributed by atoms with E-state index in [1.54, 1.807) is 12.4 Å². The first-order valence-electron chi connectivity index (χ1n) is 6.77. The van der Waals surface area contributed by atoms with E-state index in [4.69, 9.17) is 0 Å². The number of aromatic nitrogens is 4. The van der Waals surface area contributed by atoms with Crippen LogP contribution in [-0.2, 0) is 13.1 Å². The van der Waals surface area contributed by atoms with Crippen LogP contribution in [0.25, 0.3) is 11.0 Å². The van der Waals surface area contributed by atoms with Crippen molar-refractivity contribution in [3.63, 3.8) is 0 Å². The number of rotatable bonds is 5. The summed E-state index contributed by atoms with van der Waals surface area (Å²) in [5.41, 5.74) is 3.27. The van der Waals surface area contributed by atoms with E-state index >= 15 is 0 Å². The van der Waals surface area contributed by atoms with Gasteiger partial charge in [0.15, 0.2) is 5.65 Å². The molecule has 0 bridgehead atoms. The average Bonchev–Trinajstić information content (AvgIpc) is 2.89. The topological polar surface area (TPSA) is 55.6 Å². The molecule has 0 atom stereocenters. The van der Waals surface area contributed by atoms with Crippen molar-refractivity contribution in [3.05, 3.63) is 54.1 Å². The van der Waals surface area contributed by atoms with Gasteiger partial charge in [0.05, 0.1) is 12.7 Å². The standard InChI is InChI=1S/C15H17N5/c1-2-16-8-13-7-14-10-19-20(15(14)18-9-13)11-12-3-5-17-6-4-12/h3-7,9-10,16H,2,8,11H2,1H3. The quantitative estimate of drug-likeness (QED) is 0.768. The molecule has 1 N–H and O–H groups in total. The Balaban J connectivity index is 1.86. The lowest BCUT2D eigenvalue weighted by Gasteiger charge is -2.04. The van der Waals surface area contributed by atoms with Crippen molar-refractivity contribution in [3.8, 4) is 0 Å². The highest BCUT2D eigenvalue weighted by molar-refractivity contribution is 5.75. The van der Waals surface area contributed by atoms with Gasteiger partial charge in [-0.25, -0.2) is 9.67 Å². The van der Waals surface area contributed by atoms with E-state index in [9.17, 15) is 0 Å². The Kier molecular flexibility index (Phi) is 3.69. The summed E-state index contributed by atoms with van der Waals surface area (Å²) in [6.07, 6.45) is 7.38. The lowest BCUT2D eigenvalue weighted by molar-refractivity contribution is 0.701. The van der Waals surface area contributed by atoms with E-state index in [0.29, 0.717) is 6.54 Å². The zero-order valence-corrected chi connectivity index (χ0v) is 11.5. The normalized spacial score (nSPS) is 11.1. The third-order valence-electron chi connectivity index (χ3n) is 3.19. The van der Waals surface area contributed by atoms with Crippen molar-refractivity contribution >= 4 is 11.0 Å². The fourth-order valence-corrected chi connectivity index (χ4v) is 2.16. The molecule has 0 saturated heterocycles. The van der Waals surface area contributed by atoms with Crippen molar-refractivity contribution in [2.45, 2.75) is 20.0 Å². The van der Waals surface area contributed by atoms with Crippen molar-refractivity contribution in [2.75, 3.05) is 6.54 Å². The molecule has 3 aromatic rings. The summed E-state index contributed by atoms with van der Waals surface area (Å²) in [5, 5.41) is 8.81. The molecule has 20 heavy (non-hydrogen) atoms. The van der Waals surface area contributed by atoms with Gasteiger partial charge < -0.3 is 5.32 Å². The molecule has 0 radical (unpaired) electrons. The highest BCUT2D eigenvalue weighted by Crippen LogP contribution is 2.14. The zero-order chi connectivity index (χ0) is 13.8. The maximum Gasteiger partial charge on any atom is 0.158 e. The molecule has 0 aromatic carbocycles. The predicted octanol–water partition coefficient (Wildman–Crippen LogP) is 1.98. The molecule has 102 valence electrons. The summed E-state index contributed by atoms with van der Waals surface area (Å²) in [6, 6.07) is 6.13. The zero-order valence-electron chi connectivity index (χ0n) is 11.5. The summed E-state index contributed by atoms with van der Waals surface area (Å²) in [6.45, 7) is 4.61. The fourth-order valence-electron chi connectivity index (χ4n) is 2.16. The fraction of sp³-hybridized carbons (Fsp3) is 0.267. The van der Waals surface area contributed by atoms with E-state index in [0.717, 1.165) is 24.1 Å². The second-order valence-electron chi connectivity index (χ2n) is 4.69. The Bertz CT molecular complexity index is 690. The van der Waals surface area contributed by atoms with Gasteiger partial charge in [-0.2, -0.15) is 5.10 Å². The Morgan fingerprint density at radius 2 is 2.00 bits per heavy atom. The van der Waals surface area contributed by atoms with Gasteiger partial charge in [-0.05, 0) is 35.9 Å². The summed E-state index contributed by atoms with van der Waals surface area (Å²) in [5.74, 6) is 0. The van der Waals surface area contributed by atoms with Crippen LogP contribution >= 0.6 is 0 Å². The monoisotopic (exact) mass is 267 g/mol. The Labute approximate surface area is 117 Å². The Morgan fingerprint density at radius 3 is 2.80 bits per heavy atom. The third-order valence-corrected chi connectivity index (χ3v) is 3.19. The van der Waals surface area contributed by atoms with Crippen molar-refractivity contribution in [1.82, 2.24) is 25.1 Å². The van der Waals surface area contributed by atoms with Gasteiger partial charge in [-0.15, -0.1) is 0 Å². The van der Waals surface area contributed by atoms with Crippen molar-refractivity contribution < 1.29 is 0 Å².